The molecule has 0 saturated carbocycles. The first-order chi connectivity index (χ1) is 13.1. The van der Waals surface area contributed by atoms with Crippen LogP contribution in [0.3, 0.4) is 0 Å². The van der Waals surface area contributed by atoms with Crippen molar-refractivity contribution in [3.8, 4) is 11.3 Å². The quantitative estimate of drug-likeness (QED) is 0.543. The second-order valence-corrected chi connectivity index (χ2v) is 6.12. The molecule has 1 aliphatic heterocycles. The van der Waals surface area contributed by atoms with Crippen molar-refractivity contribution in [3.05, 3.63) is 53.9 Å². The predicted molar refractivity (Wildman–Crippen MR) is 97.3 cm³/mol. The first kappa shape index (κ1) is 16.7. The van der Waals surface area contributed by atoms with Crippen molar-refractivity contribution in [3.63, 3.8) is 0 Å². The Morgan fingerprint density at radius 2 is 1.96 bits per heavy atom. The molecule has 9 nitrogen and oxygen atoms in total. The molecule has 1 aromatic carbocycles. The summed E-state index contributed by atoms with van der Waals surface area (Å²) in [5, 5.41) is 21.4. The van der Waals surface area contributed by atoms with Crippen LogP contribution in [0.2, 0.25) is 0 Å². The first-order valence-electron chi connectivity index (χ1n) is 8.33. The van der Waals surface area contributed by atoms with Gasteiger partial charge in [0.15, 0.2) is 5.82 Å². The van der Waals surface area contributed by atoms with Gasteiger partial charge in [-0.1, -0.05) is 30.3 Å². The van der Waals surface area contributed by atoms with Crippen LogP contribution in [0.4, 0.5) is 11.8 Å². The SMILES string of the molecule is O=C(O)CNc1ncc(C2CC(=O)Nc3n[nH]c(-c4ccccc4)c32)cn1. The number of benzene rings is 1. The zero-order chi connectivity index (χ0) is 18.8. The number of carbonyl (C=O) groups excluding carboxylic acids is 1. The van der Waals surface area contributed by atoms with Crippen LogP contribution < -0.4 is 10.6 Å². The maximum atomic E-state index is 12.1. The van der Waals surface area contributed by atoms with Crippen molar-refractivity contribution < 1.29 is 14.7 Å². The molecule has 136 valence electrons. The minimum atomic E-state index is -0.998. The summed E-state index contributed by atoms with van der Waals surface area (Å²) in [7, 11) is 0. The number of carboxylic acid groups (broad SMARTS) is 1. The summed E-state index contributed by atoms with van der Waals surface area (Å²) in [6.45, 7) is -0.269. The van der Waals surface area contributed by atoms with E-state index in [0.29, 0.717) is 5.82 Å². The van der Waals surface area contributed by atoms with Crippen LogP contribution in [0, 0.1) is 0 Å². The summed E-state index contributed by atoms with van der Waals surface area (Å²) in [5.41, 5.74) is 3.44. The summed E-state index contributed by atoms with van der Waals surface area (Å²) in [6.07, 6.45) is 3.45. The highest BCUT2D eigenvalue weighted by atomic mass is 16.4. The molecular weight excluding hydrogens is 348 g/mol. The Kier molecular flexibility index (Phi) is 4.25. The fraction of sp³-hybridized carbons (Fsp3) is 0.167. The average molecular weight is 364 g/mol. The highest BCUT2D eigenvalue weighted by Crippen LogP contribution is 2.41. The molecule has 3 aromatic rings. The number of H-pyrrole nitrogens is 1. The third-order valence-electron chi connectivity index (χ3n) is 4.33. The number of nitrogens with one attached hydrogen (secondary N) is 3. The van der Waals surface area contributed by atoms with Gasteiger partial charge in [-0.05, 0) is 11.1 Å². The van der Waals surface area contributed by atoms with Gasteiger partial charge >= 0.3 is 5.97 Å². The van der Waals surface area contributed by atoms with E-state index in [2.05, 4.69) is 30.8 Å². The number of aliphatic carboxylic acids is 1. The van der Waals surface area contributed by atoms with E-state index in [-0.39, 0.29) is 30.7 Å². The number of carboxylic acids is 1. The number of fused-ring (bicyclic) bond motifs is 1. The van der Waals surface area contributed by atoms with Gasteiger partial charge in [-0.3, -0.25) is 14.7 Å². The van der Waals surface area contributed by atoms with Crippen LogP contribution in [0.1, 0.15) is 23.5 Å². The maximum absolute atomic E-state index is 12.1. The standard InChI is InChI=1S/C18H16N6O3/c25-13-6-12(11-7-19-18(20-8-11)21-9-14(26)27)15-16(23-24-17(15)22-13)10-4-2-1-3-5-10/h1-5,7-8,12H,6,9H2,(H,26,27)(H,19,20,21)(H2,22,23,24,25). The van der Waals surface area contributed by atoms with E-state index in [1.807, 2.05) is 30.3 Å². The largest absolute Gasteiger partial charge is 0.480 e. The molecule has 1 aliphatic rings. The molecule has 3 heterocycles. The summed E-state index contributed by atoms with van der Waals surface area (Å²) < 4.78 is 0. The lowest BCUT2D eigenvalue weighted by molar-refractivity contribution is -0.135. The van der Waals surface area contributed by atoms with Gasteiger partial charge in [0.25, 0.3) is 0 Å². The minimum Gasteiger partial charge on any atom is -0.480 e. The minimum absolute atomic E-state index is 0.133. The molecule has 27 heavy (non-hydrogen) atoms. The Morgan fingerprint density at radius 1 is 1.22 bits per heavy atom. The van der Waals surface area contributed by atoms with E-state index in [4.69, 9.17) is 5.11 Å². The van der Waals surface area contributed by atoms with Crippen LogP contribution >= 0.6 is 0 Å². The van der Waals surface area contributed by atoms with Gasteiger partial charge in [-0.15, -0.1) is 0 Å². The number of anilines is 2. The van der Waals surface area contributed by atoms with Crippen molar-refractivity contribution >= 4 is 23.6 Å². The Bertz CT molecular complexity index is 984. The number of aromatic nitrogens is 4. The van der Waals surface area contributed by atoms with Crippen LogP contribution in [-0.2, 0) is 9.59 Å². The van der Waals surface area contributed by atoms with E-state index in [0.717, 1.165) is 22.4 Å². The zero-order valence-electron chi connectivity index (χ0n) is 14.1. The lowest BCUT2D eigenvalue weighted by atomic mass is 9.86. The van der Waals surface area contributed by atoms with E-state index >= 15 is 0 Å². The number of amides is 1. The van der Waals surface area contributed by atoms with E-state index in [1.54, 1.807) is 12.4 Å². The molecule has 0 saturated heterocycles. The van der Waals surface area contributed by atoms with E-state index in [1.165, 1.54) is 0 Å². The predicted octanol–water partition coefficient (Wildman–Crippen LogP) is 1.84. The van der Waals surface area contributed by atoms with Gasteiger partial charge in [0.05, 0.1) is 5.69 Å². The monoisotopic (exact) mass is 364 g/mol. The van der Waals surface area contributed by atoms with Gasteiger partial charge in [0.2, 0.25) is 11.9 Å². The molecule has 1 amide bonds. The second-order valence-electron chi connectivity index (χ2n) is 6.12. The number of hydrogen-bond acceptors (Lipinski definition) is 6. The lowest BCUT2D eigenvalue weighted by Crippen LogP contribution is -2.23. The highest BCUT2D eigenvalue weighted by molar-refractivity contribution is 5.96. The smallest absolute Gasteiger partial charge is 0.322 e. The summed E-state index contributed by atoms with van der Waals surface area (Å²) in [5.74, 6) is -0.662. The van der Waals surface area contributed by atoms with Crippen LogP contribution in [-0.4, -0.2) is 43.7 Å². The zero-order valence-corrected chi connectivity index (χ0v) is 14.1. The van der Waals surface area contributed by atoms with Crippen LogP contribution in [0.25, 0.3) is 11.3 Å². The average Bonchev–Trinajstić information content (AvgIpc) is 3.10. The number of aromatic amines is 1. The molecule has 4 rings (SSSR count). The lowest BCUT2D eigenvalue weighted by Gasteiger charge is -2.23. The van der Waals surface area contributed by atoms with Crippen molar-refractivity contribution in [1.82, 2.24) is 20.2 Å². The number of rotatable bonds is 5. The topological polar surface area (TPSA) is 133 Å². The number of nitrogens with zero attached hydrogens (tertiary/aromatic N) is 3. The molecule has 0 bridgehead atoms. The van der Waals surface area contributed by atoms with Gasteiger partial charge in [-0.2, -0.15) is 5.10 Å². The number of carbonyl (C=O) groups is 2. The fourth-order valence-electron chi connectivity index (χ4n) is 3.13. The van der Waals surface area contributed by atoms with Crippen molar-refractivity contribution in [2.24, 2.45) is 0 Å². The van der Waals surface area contributed by atoms with Gasteiger partial charge in [-0.25, -0.2) is 9.97 Å². The Balaban J connectivity index is 1.70. The van der Waals surface area contributed by atoms with Crippen molar-refractivity contribution in [1.29, 1.82) is 0 Å². The molecule has 0 radical (unpaired) electrons. The third-order valence-corrected chi connectivity index (χ3v) is 4.33. The molecular formula is C18H16N6O3. The summed E-state index contributed by atoms with van der Waals surface area (Å²) >= 11 is 0. The molecule has 9 heteroatoms. The van der Waals surface area contributed by atoms with Crippen LogP contribution in [0.5, 0.6) is 0 Å². The summed E-state index contributed by atoms with van der Waals surface area (Å²) in [6, 6.07) is 9.74. The van der Waals surface area contributed by atoms with Gasteiger partial charge < -0.3 is 15.7 Å². The van der Waals surface area contributed by atoms with Crippen molar-refractivity contribution in [2.75, 3.05) is 17.2 Å². The Morgan fingerprint density at radius 3 is 2.67 bits per heavy atom. The van der Waals surface area contributed by atoms with Crippen molar-refractivity contribution in [2.45, 2.75) is 12.3 Å². The Hall–Kier alpha value is -3.75. The van der Waals surface area contributed by atoms with E-state index in [9.17, 15) is 9.59 Å². The van der Waals surface area contributed by atoms with E-state index < -0.39 is 5.97 Å². The highest BCUT2D eigenvalue weighted by Gasteiger charge is 2.32. The maximum Gasteiger partial charge on any atom is 0.322 e. The molecule has 2 aromatic heterocycles. The normalized spacial score (nSPS) is 15.7. The first-order valence-corrected chi connectivity index (χ1v) is 8.33. The molecule has 0 spiro atoms. The third kappa shape index (κ3) is 3.34. The van der Waals surface area contributed by atoms with Crippen LogP contribution in [0.15, 0.2) is 42.7 Å². The molecule has 1 atom stereocenters. The molecule has 0 aliphatic carbocycles. The number of hydrogen-bond donors (Lipinski definition) is 4. The van der Waals surface area contributed by atoms with Gasteiger partial charge in [0, 0.05) is 30.3 Å². The summed E-state index contributed by atoms with van der Waals surface area (Å²) in [4.78, 5) is 31.1. The molecule has 4 N–H and O–H groups in total. The Labute approximate surface area is 153 Å². The molecule has 0 fully saturated rings. The fourth-order valence-corrected chi connectivity index (χ4v) is 3.13. The second kappa shape index (κ2) is 6.87. The van der Waals surface area contributed by atoms with Gasteiger partial charge in [0.1, 0.15) is 6.54 Å². The molecule has 1 unspecified atom stereocenters.